The van der Waals surface area contributed by atoms with Gasteiger partial charge in [-0.05, 0) is 44.2 Å². The first-order valence-corrected chi connectivity index (χ1v) is 10.3. The fourth-order valence-electron chi connectivity index (χ4n) is 4.49. The van der Waals surface area contributed by atoms with E-state index in [1.165, 1.54) is 24.4 Å². The summed E-state index contributed by atoms with van der Waals surface area (Å²) in [6, 6.07) is 12.9. The lowest BCUT2D eigenvalue weighted by Gasteiger charge is -2.38. The zero-order chi connectivity index (χ0) is 18.9. The van der Waals surface area contributed by atoms with Crippen LogP contribution in [0.1, 0.15) is 30.3 Å². The van der Waals surface area contributed by atoms with Gasteiger partial charge in [-0.25, -0.2) is 4.98 Å². The number of fused-ring (bicyclic) bond motifs is 1. The van der Waals surface area contributed by atoms with Crippen LogP contribution in [0.2, 0.25) is 0 Å². The van der Waals surface area contributed by atoms with Crippen LogP contribution >= 0.6 is 0 Å². The minimum absolute atomic E-state index is 0.309. The highest BCUT2D eigenvalue weighted by Gasteiger charge is 2.28. The van der Waals surface area contributed by atoms with Gasteiger partial charge in [0.1, 0.15) is 11.5 Å². The molecule has 0 amide bonds. The SMILES string of the molecule is CN1CCN(Cc2ccccn2)C[C@H]1c1cn2c(N3CCCC3)cccc2n1. The molecule has 5 rings (SSSR count). The number of rotatable bonds is 4. The predicted octanol–water partition coefficient (Wildman–Crippen LogP) is 2.82. The average Bonchev–Trinajstić information content (AvgIpc) is 3.40. The van der Waals surface area contributed by atoms with Crippen molar-refractivity contribution in [3.8, 4) is 0 Å². The molecule has 2 saturated heterocycles. The van der Waals surface area contributed by atoms with Gasteiger partial charge >= 0.3 is 0 Å². The molecule has 28 heavy (non-hydrogen) atoms. The number of anilines is 1. The molecule has 0 unspecified atom stereocenters. The summed E-state index contributed by atoms with van der Waals surface area (Å²) >= 11 is 0. The summed E-state index contributed by atoms with van der Waals surface area (Å²) in [5.74, 6) is 1.28. The monoisotopic (exact) mass is 376 g/mol. The molecule has 5 heterocycles. The van der Waals surface area contributed by atoms with Crippen LogP contribution in [0.25, 0.3) is 5.65 Å². The van der Waals surface area contributed by atoms with E-state index in [4.69, 9.17) is 4.98 Å². The summed E-state index contributed by atoms with van der Waals surface area (Å²) in [5, 5.41) is 0. The number of likely N-dealkylation sites (N-methyl/N-ethyl adjacent to an activating group) is 1. The highest BCUT2D eigenvalue weighted by Crippen LogP contribution is 2.27. The molecule has 0 bridgehead atoms. The second kappa shape index (κ2) is 7.53. The zero-order valence-electron chi connectivity index (χ0n) is 16.5. The van der Waals surface area contributed by atoms with Crippen molar-refractivity contribution in [2.24, 2.45) is 0 Å². The molecule has 0 N–H and O–H groups in total. The molecule has 2 aliphatic rings. The summed E-state index contributed by atoms with van der Waals surface area (Å²) in [6.45, 7) is 6.29. The van der Waals surface area contributed by atoms with Crippen molar-refractivity contribution in [1.29, 1.82) is 0 Å². The molecule has 1 atom stereocenters. The Kier molecular flexibility index (Phi) is 4.74. The van der Waals surface area contributed by atoms with Crippen LogP contribution in [0.4, 0.5) is 5.82 Å². The highest BCUT2D eigenvalue weighted by atomic mass is 15.3. The normalized spacial score (nSPS) is 21.6. The van der Waals surface area contributed by atoms with E-state index >= 15 is 0 Å². The molecule has 6 heteroatoms. The van der Waals surface area contributed by atoms with Gasteiger partial charge in [-0.1, -0.05) is 12.1 Å². The van der Waals surface area contributed by atoms with Crippen molar-refractivity contribution in [3.05, 3.63) is 60.2 Å². The lowest BCUT2D eigenvalue weighted by Crippen LogP contribution is -2.46. The fourth-order valence-corrected chi connectivity index (χ4v) is 4.49. The van der Waals surface area contributed by atoms with E-state index in [9.17, 15) is 0 Å². The largest absolute Gasteiger partial charge is 0.358 e. The first-order chi connectivity index (χ1) is 13.8. The molecule has 0 aromatic carbocycles. The number of nitrogens with zero attached hydrogens (tertiary/aromatic N) is 6. The molecule has 0 saturated carbocycles. The Balaban J connectivity index is 1.40. The third-order valence-corrected chi connectivity index (χ3v) is 6.10. The van der Waals surface area contributed by atoms with Gasteiger partial charge < -0.3 is 4.90 Å². The molecule has 3 aromatic heterocycles. The first-order valence-electron chi connectivity index (χ1n) is 10.3. The van der Waals surface area contributed by atoms with Crippen LogP contribution < -0.4 is 4.90 Å². The van der Waals surface area contributed by atoms with Crippen LogP contribution in [-0.4, -0.2) is 63.9 Å². The standard InChI is InChI=1S/C22H28N6/c1-25-13-14-26(15-18-7-2-3-10-23-18)17-20(25)19-16-28-21(24-19)8-6-9-22(28)27-11-4-5-12-27/h2-3,6-10,16,20H,4-5,11-15,17H2,1H3/t20-/m0/s1. The molecule has 0 radical (unpaired) electrons. The molecule has 6 nitrogen and oxygen atoms in total. The van der Waals surface area contributed by atoms with Gasteiger partial charge in [0.15, 0.2) is 0 Å². The van der Waals surface area contributed by atoms with E-state index < -0.39 is 0 Å². The number of pyridine rings is 2. The van der Waals surface area contributed by atoms with Gasteiger partial charge in [0, 0.05) is 51.7 Å². The van der Waals surface area contributed by atoms with Gasteiger partial charge in [-0.3, -0.25) is 19.2 Å². The van der Waals surface area contributed by atoms with Crippen molar-refractivity contribution in [2.75, 3.05) is 44.7 Å². The quantitative estimate of drug-likeness (QED) is 0.700. The summed E-state index contributed by atoms with van der Waals surface area (Å²) in [5.41, 5.74) is 3.35. The maximum atomic E-state index is 5.01. The Hall–Kier alpha value is -2.44. The number of hydrogen-bond donors (Lipinski definition) is 0. The Bertz CT molecular complexity index is 931. The second-order valence-electron chi connectivity index (χ2n) is 8.02. The number of hydrogen-bond acceptors (Lipinski definition) is 5. The Labute approximate surface area is 166 Å². The Morgan fingerprint density at radius 2 is 1.89 bits per heavy atom. The molecule has 0 aliphatic carbocycles. The summed E-state index contributed by atoms with van der Waals surface area (Å²) < 4.78 is 2.28. The van der Waals surface area contributed by atoms with Crippen LogP contribution in [0, 0.1) is 0 Å². The molecular formula is C22H28N6. The predicted molar refractivity (Wildman–Crippen MR) is 112 cm³/mol. The molecule has 0 spiro atoms. The lowest BCUT2D eigenvalue weighted by atomic mass is 10.1. The van der Waals surface area contributed by atoms with E-state index in [-0.39, 0.29) is 0 Å². The first kappa shape index (κ1) is 17.6. The fraction of sp³-hybridized carbons (Fsp3) is 0.455. The maximum absolute atomic E-state index is 5.01. The van der Waals surface area contributed by atoms with Gasteiger partial charge in [0.05, 0.1) is 17.4 Å². The third-order valence-electron chi connectivity index (χ3n) is 6.10. The van der Waals surface area contributed by atoms with E-state index in [0.717, 1.165) is 50.6 Å². The summed E-state index contributed by atoms with van der Waals surface area (Å²) in [4.78, 5) is 16.9. The third kappa shape index (κ3) is 3.38. The molecule has 2 fully saturated rings. The number of piperazine rings is 1. The summed E-state index contributed by atoms with van der Waals surface area (Å²) in [6.07, 6.45) is 6.71. The van der Waals surface area contributed by atoms with Crippen molar-refractivity contribution < 1.29 is 0 Å². The van der Waals surface area contributed by atoms with E-state index in [1.54, 1.807) is 0 Å². The van der Waals surface area contributed by atoms with E-state index in [0.29, 0.717) is 6.04 Å². The van der Waals surface area contributed by atoms with Gasteiger partial charge in [-0.2, -0.15) is 0 Å². The average molecular weight is 377 g/mol. The van der Waals surface area contributed by atoms with Crippen molar-refractivity contribution in [2.45, 2.75) is 25.4 Å². The van der Waals surface area contributed by atoms with Gasteiger partial charge in [0.25, 0.3) is 0 Å². The lowest BCUT2D eigenvalue weighted by molar-refractivity contribution is 0.0877. The highest BCUT2D eigenvalue weighted by molar-refractivity contribution is 5.53. The Morgan fingerprint density at radius 3 is 2.71 bits per heavy atom. The second-order valence-corrected chi connectivity index (χ2v) is 8.02. The van der Waals surface area contributed by atoms with Crippen LogP contribution in [0.5, 0.6) is 0 Å². The molecular weight excluding hydrogens is 348 g/mol. The van der Waals surface area contributed by atoms with Crippen LogP contribution in [0.15, 0.2) is 48.8 Å². The molecule has 3 aromatic rings. The van der Waals surface area contributed by atoms with Crippen LogP contribution in [-0.2, 0) is 6.54 Å². The van der Waals surface area contributed by atoms with Gasteiger partial charge in [0.2, 0.25) is 0 Å². The summed E-state index contributed by atoms with van der Waals surface area (Å²) in [7, 11) is 2.22. The van der Waals surface area contributed by atoms with Crippen molar-refractivity contribution in [3.63, 3.8) is 0 Å². The van der Waals surface area contributed by atoms with Gasteiger partial charge in [-0.15, -0.1) is 0 Å². The van der Waals surface area contributed by atoms with Crippen LogP contribution in [0.3, 0.4) is 0 Å². The number of aromatic nitrogens is 3. The minimum Gasteiger partial charge on any atom is -0.358 e. The smallest absolute Gasteiger partial charge is 0.138 e. The number of imidazole rings is 1. The van der Waals surface area contributed by atoms with E-state index in [1.807, 2.05) is 12.3 Å². The van der Waals surface area contributed by atoms with E-state index in [2.05, 4.69) is 67.7 Å². The molecule has 146 valence electrons. The molecule has 2 aliphatic heterocycles. The topological polar surface area (TPSA) is 39.9 Å². The minimum atomic E-state index is 0.309. The van der Waals surface area contributed by atoms with Crippen molar-refractivity contribution in [1.82, 2.24) is 24.2 Å². The van der Waals surface area contributed by atoms with Crippen molar-refractivity contribution >= 4 is 11.5 Å². The zero-order valence-corrected chi connectivity index (χ0v) is 16.5. The maximum Gasteiger partial charge on any atom is 0.138 e. The Morgan fingerprint density at radius 1 is 1.00 bits per heavy atom.